The number of hydrogen-bond acceptors (Lipinski definition) is 7. The van der Waals surface area contributed by atoms with E-state index in [2.05, 4.69) is 20.2 Å². The first-order chi connectivity index (χ1) is 14.6. The van der Waals surface area contributed by atoms with Crippen molar-refractivity contribution in [1.82, 2.24) is 9.97 Å². The summed E-state index contributed by atoms with van der Waals surface area (Å²) in [6, 6.07) is 12.1. The lowest BCUT2D eigenvalue weighted by Gasteiger charge is -2.37. The molecule has 30 heavy (non-hydrogen) atoms. The zero-order chi connectivity index (χ0) is 21.1. The number of ether oxygens (including phenoxy) is 1. The van der Waals surface area contributed by atoms with Crippen molar-refractivity contribution in [3.05, 3.63) is 59.6 Å². The first-order valence-corrected chi connectivity index (χ1v) is 9.90. The molecule has 0 atom stereocenters. The number of piperazine rings is 1. The Labute approximate surface area is 179 Å². The van der Waals surface area contributed by atoms with Gasteiger partial charge in [-0.25, -0.2) is 14.4 Å². The Morgan fingerprint density at radius 3 is 2.53 bits per heavy atom. The summed E-state index contributed by atoms with van der Waals surface area (Å²) < 4.78 is 19.5. The van der Waals surface area contributed by atoms with E-state index < -0.39 is 0 Å². The molecule has 1 aliphatic rings. The molecule has 1 fully saturated rings. The highest BCUT2D eigenvalue weighted by Gasteiger charge is 2.23. The van der Waals surface area contributed by atoms with Crippen LogP contribution < -0.4 is 25.6 Å². The zero-order valence-electron chi connectivity index (χ0n) is 16.5. The molecule has 3 N–H and O–H groups in total. The lowest BCUT2D eigenvalue weighted by atomic mass is 10.2. The average molecular weight is 429 g/mol. The van der Waals surface area contributed by atoms with Crippen LogP contribution in [0.25, 0.3) is 0 Å². The predicted molar refractivity (Wildman–Crippen MR) is 119 cm³/mol. The quantitative estimate of drug-likeness (QED) is 0.637. The number of anilines is 5. The number of rotatable bonds is 5. The van der Waals surface area contributed by atoms with E-state index in [-0.39, 0.29) is 5.82 Å². The van der Waals surface area contributed by atoms with Crippen LogP contribution in [0.5, 0.6) is 5.75 Å². The molecule has 2 heterocycles. The summed E-state index contributed by atoms with van der Waals surface area (Å²) in [7, 11) is 1.58. The Hall–Kier alpha value is -3.26. The number of halogens is 2. The van der Waals surface area contributed by atoms with Crippen LogP contribution >= 0.6 is 11.6 Å². The lowest BCUT2D eigenvalue weighted by molar-refractivity contribution is 0.417. The SMILES string of the molecule is COc1ccc(Cl)cc1Nc1ncnc(N2CCN(c3ccccc3F)CC2)c1N. The molecule has 0 spiro atoms. The van der Waals surface area contributed by atoms with Crippen LogP contribution in [0.1, 0.15) is 0 Å². The fourth-order valence-corrected chi connectivity index (χ4v) is 3.68. The van der Waals surface area contributed by atoms with Crippen LogP contribution in [0.15, 0.2) is 48.8 Å². The third-order valence-corrected chi connectivity index (χ3v) is 5.28. The summed E-state index contributed by atoms with van der Waals surface area (Å²) >= 11 is 6.11. The van der Waals surface area contributed by atoms with Gasteiger partial charge in [0.05, 0.1) is 18.5 Å². The fourth-order valence-electron chi connectivity index (χ4n) is 3.51. The van der Waals surface area contributed by atoms with Gasteiger partial charge in [0.25, 0.3) is 0 Å². The Morgan fingerprint density at radius 2 is 1.80 bits per heavy atom. The van der Waals surface area contributed by atoms with Crippen molar-refractivity contribution in [3.8, 4) is 5.75 Å². The summed E-state index contributed by atoms with van der Waals surface area (Å²) in [5, 5.41) is 3.75. The fraction of sp³-hybridized carbons (Fsp3) is 0.238. The number of nitrogens with two attached hydrogens (primary N) is 1. The van der Waals surface area contributed by atoms with Gasteiger partial charge in [0.2, 0.25) is 0 Å². The molecule has 0 aliphatic carbocycles. The number of hydrogen-bond donors (Lipinski definition) is 2. The van der Waals surface area contributed by atoms with Gasteiger partial charge in [-0.2, -0.15) is 0 Å². The van der Waals surface area contributed by atoms with Crippen molar-refractivity contribution in [2.24, 2.45) is 0 Å². The van der Waals surface area contributed by atoms with Crippen LogP contribution in [0.2, 0.25) is 5.02 Å². The molecule has 3 aromatic rings. The van der Waals surface area contributed by atoms with E-state index in [1.165, 1.54) is 12.4 Å². The molecule has 0 saturated carbocycles. The molecule has 2 aromatic carbocycles. The normalized spacial score (nSPS) is 14.0. The molecule has 1 aliphatic heterocycles. The molecule has 156 valence electrons. The van der Waals surface area contributed by atoms with Crippen molar-refractivity contribution in [2.45, 2.75) is 0 Å². The Morgan fingerprint density at radius 1 is 1.07 bits per heavy atom. The molecule has 9 heteroatoms. The van der Waals surface area contributed by atoms with Crippen molar-refractivity contribution in [1.29, 1.82) is 0 Å². The Bertz CT molecular complexity index is 1040. The van der Waals surface area contributed by atoms with Crippen molar-refractivity contribution >= 4 is 40.3 Å². The maximum Gasteiger partial charge on any atom is 0.159 e. The summed E-state index contributed by atoms with van der Waals surface area (Å²) in [4.78, 5) is 12.8. The highest BCUT2D eigenvalue weighted by molar-refractivity contribution is 6.31. The van der Waals surface area contributed by atoms with Gasteiger partial charge >= 0.3 is 0 Å². The number of methoxy groups -OCH3 is 1. The van der Waals surface area contributed by atoms with Crippen molar-refractivity contribution < 1.29 is 9.13 Å². The molecule has 0 amide bonds. The number of nitrogens with zero attached hydrogens (tertiary/aromatic N) is 4. The Kier molecular flexibility index (Phi) is 5.76. The van der Waals surface area contributed by atoms with Crippen LogP contribution in [0.4, 0.5) is 33.1 Å². The van der Waals surface area contributed by atoms with E-state index in [1.807, 2.05) is 11.0 Å². The average Bonchev–Trinajstić information content (AvgIpc) is 2.76. The summed E-state index contributed by atoms with van der Waals surface area (Å²) in [6.45, 7) is 2.65. The number of para-hydroxylation sites is 1. The third kappa shape index (κ3) is 4.04. The van der Waals surface area contributed by atoms with Crippen molar-refractivity contribution in [3.63, 3.8) is 0 Å². The highest BCUT2D eigenvalue weighted by atomic mass is 35.5. The van der Waals surface area contributed by atoms with Gasteiger partial charge in [0.15, 0.2) is 11.6 Å². The molecule has 0 bridgehead atoms. The molecular weight excluding hydrogens is 407 g/mol. The molecular formula is C21H22ClFN6O. The lowest BCUT2D eigenvalue weighted by Crippen LogP contribution is -2.47. The minimum atomic E-state index is -0.213. The monoisotopic (exact) mass is 428 g/mol. The smallest absolute Gasteiger partial charge is 0.159 e. The van der Waals surface area contributed by atoms with E-state index in [9.17, 15) is 4.39 Å². The number of nitrogen functional groups attached to an aromatic ring is 1. The topological polar surface area (TPSA) is 79.5 Å². The maximum absolute atomic E-state index is 14.1. The minimum Gasteiger partial charge on any atom is -0.495 e. The summed E-state index contributed by atoms with van der Waals surface area (Å²) in [5.41, 5.74) is 8.09. The van der Waals surface area contributed by atoms with Gasteiger partial charge in [-0.15, -0.1) is 0 Å². The van der Waals surface area contributed by atoms with Gasteiger partial charge in [-0.05, 0) is 30.3 Å². The van der Waals surface area contributed by atoms with E-state index in [0.717, 1.165) is 0 Å². The second kappa shape index (κ2) is 8.62. The molecule has 0 unspecified atom stereocenters. The maximum atomic E-state index is 14.1. The summed E-state index contributed by atoms with van der Waals surface area (Å²) in [6.07, 6.45) is 1.47. The van der Waals surface area contributed by atoms with E-state index in [4.69, 9.17) is 22.1 Å². The highest BCUT2D eigenvalue weighted by Crippen LogP contribution is 2.34. The van der Waals surface area contributed by atoms with Crippen molar-refractivity contribution in [2.75, 3.05) is 54.1 Å². The standard InChI is InChI=1S/C21H22ClFN6O/c1-30-18-7-6-14(22)12-16(18)27-20-19(24)21(26-13-25-20)29-10-8-28(9-11-29)17-5-3-2-4-15(17)23/h2-7,12-13H,8-11,24H2,1H3,(H,25,26,27). The first-order valence-electron chi connectivity index (χ1n) is 9.52. The first kappa shape index (κ1) is 20.0. The van der Waals surface area contributed by atoms with Gasteiger partial charge in [0, 0.05) is 31.2 Å². The predicted octanol–water partition coefficient (Wildman–Crippen LogP) is 3.93. The van der Waals surface area contributed by atoms with Crippen LogP contribution in [0, 0.1) is 5.82 Å². The van der Waals surface area contributed by atoms with Crippen LogP contribution in [-0.2, 0) is 0 Å². The van der Waals surface area contributed by atoms with E-state index in [0.29, 0.717) is 65.6 Å². The molecule has 1 aromatic heterocycles. The second-order valence-electron chi connectivity index (χ2n) is 6.85. The molecule has 0 radical (unpaired) electrons. The molecule has 4 rings (SSSR count). The molecule has 7 nitrogen and oxygen atoms in total. The third-order valence-electron chi connectivity index (χ3n) is 5.05. The number of benzene rings is 2. The van der Waals surface area contributed by atoms with Gasteiger partial charge in [0.1, 0.15) is 23.6 Å². The molecule has 1 saturated heterocycles. The summed E-state index contributed by atoms with van der Waals surface area (Å²) in [5.74, 6) is 1.52. The number of nitrogens with one attached hydrogen (secondary N) is 1. The van der Waals surface area contributed by atoms with Crippen LogP contribution in [-0.4, -0.2) is 43.3 Å². The zero-order valence-corrected chi connectivity index (χ0v) is 17.2. The van der Waals surface area contributed by atoms with E-state index >= 15 is 0 Å². The van der Waals surface area contributed by atoms with Gasteiger partial charge in [-0.1, -0.05) is 23.7 Å². The largest absolute Gasteiger partial charge is 0.495 e. The number of aromatic nitrogens is 2. The van der Waals surface area contributed by atoms with Gasteiger partial charge in [-0.3, -0.25) is 0 Å². The van der Waals surface area contributed by atoms with Crippen LogP contribution in [0.3, 0.4) is 0 Å². The minimum absolute atomic E-state index is 0.213. The van der Waals surface area contributed by atoms with Gasteiger partial charge < -0.3 is 25.6 Å². The second-order valence-corrected chi connectivity index (χ2v) is 7.29. The Balaban J connectivity index is 1.52. The van der Waals surface area contributed by atoms with E-state index in [1.54, 1.807) is 37.4 Å².